The molecule has 0 bridgehead atoms. The van der Waals surface area contributed by atoms with Crippen molar-refractivity contribution in [2.45, 2.75) is 19.4 Å². The maximum atomic E-state index is 6.37. The van der Waals surface area contributed by atoms with Gasteiger partial charge in [0.25, 0.3) is 0 Å². The van der Waals surface area contributed by atoms with Gasteiger partial charge in [-0.15, -0.1) is 0 Å². The van der Waals surface area contributed by atoms with Crippen molar-refractivity contribution >= 4 is 50.7 Å². The van der Waals surface area contributed by atoms with Crippen LogP contribution >= 0.6 is 50.7 Å². The molecular formula is C16H15BrCl3N. The Morgan fingerprint density at radius 1 is 1.10 bits per heavy atom. The number of hydrogen-bond acceptors (Lipinski definition) is 1. The Hall–Kier alpha value is -0.250. The van der Waals surface area contributed by atoms with Crippen LogP contribution < -0.4 is 5.32 Å². The molecule has 1 nitrogen and oxygen atoms in total. The minimum Gasteiger partial charge on any atom is -0.310 e. The zero-order valence-electron chi connectivity index (χ0n) is 11.5. The minimum atomic E-state index is 0.0894. The smallest absolute Gasteiger partial charge is 0.0624 e. The first-order chi connectivity index (χ1) is 10.0. The van der Waals surface area contributed by atoms with Gasteiger partial charge in [-0.1, -0.05) is 75.9 Å². The van der Waals surface area contributed by atoms with E-state index in [1.54, 1.807) is 6.07 Å². The monoisotopic (exact) mass is 405 g/mol. The van der Waals surface area contributed by atoms with Crippen LogP contribution in [0, 0.1) is 0 Å². The second-order valence-corrected chi connectivity index (χ2v) is 6.80. The fourth-order valence-corrected chi connectivity index (χ4v) is 3.45. The predicted octanol–water partition coefficient (Wildman–Crippen LogP) is 6.30. The van der Waals surface area contributed by atoms with E-state index in [1.807, 2.05) is 30.3 Å². The SMILES string of the molecule is CCNC(Cc1cccc(Cl)c1Cl)c1ccc(Br)cc1Cl. The zero-order valence-corrected chi connectivity index (χ0v) is 15.3. The first-order valence-corrected chi connectivity index (χ1v) is 8.56. The first-order valence-electron chi connectivity index (χ1n) is 6.64. The predicted molar refractivity (Wildman–Crippen MR) is 95.7 cm³/mol. The molecule has 1 atom stereocenters. The molecule has 1 N–H and O–H groups in total. The average molecular weight is 408 g/mol. The molecule has 0 fully saturated rings. The van der Waals surface area contributed by atoms with Gasteiger partial charge in [0, 0.05) is 15.5 Å². The van der Waals surface area contributed by atoms with Gasteiger partial charge in [-0.2, -0.15) is 0 Å². The van der Waals surface area contributed by atoms with E-state index >= 15 is 0 Å². The quantitative estimate of drug-likeness (QED) is 0.613. The molecule has 2 aromatic rings. The van der Waals surface area contributed by atoms with E-state index in [4.69, 9.17) is 34.8 Å². The third-order valence-electron chi connectivity index (χ3n) is 3.24. The van der Waals surface area contributed by atoms with Gasteiger partial charge in [0.2, 0.25) is 0 Å². The molecule has 0 aliphatic heterocycles. The zero-order chi connectivity index (χ0) is 15.4. The molecule has 2 aromatic carbocycles. The Bertz CT molecular complexity index is 631. The summed E-state index contributed by atoms with van der Waals surface area (Å²) in [6, 6.07) is 11.7. The highest BCUT2D eigenvalue weighted by atomic mass is 79.9. The van der Waals surface area contributed by atoms with Crippen LogP contribution in [0.2, 0.25) is 15.1 Å². The van der Waals surface area contributed by atoms with E-state index in [1.165, 1.54) is 0 Å². The van der Waals surface area contributed by atoms with E-state index in [9.17, 15) is 0 Å². The number of nitrogens with one attached hydrogen (secondary N) is 1. The molecule has 0 spiro atoms. The largest absolute Gasteiger partial charge is 0.310 e. The summed E-state index contributed by atoms with van der Waals surface area (Å²) < 4.78 is 0.965. The molecule has 1 unspecified atom stereocenters. The van der Waals surface area contributed by atoms with Crippen LogP contribution in [0.15, 0.2) is 40.9 Å². The number of rotatable bonds is 5. The van der Waals surface area contributed by atoms with Crippen molar-refractivity contribution in [1.82, 2.24) is 5.32 Å². The Kier molecular flexibility index (Phi) is 6.39. The van der Waals surface area contributed by atoms with E-state index < -0.39 is 0 Å². The van der Waals surface area contributed by atoms with Crippen molar-refractivity contribution in [3.8, 4) is 0 Å². The maximum absolute atomic E-state index is 6.37. The lowest BCUT2D eigenvalue weighted by atomic mass is 9.98. The molecule has 0 radical (unpaired) electrons. The molecule has 112 valence electrons. The van der Waals surface area contributed by atoms with E-state index in [0.29, 0.717) is 10.0 Å². The summed E-state index contributed by atoms with van der Waals surface area (Å²) in [4.78, 5) is 0. The molecule has 0 saturated heterocycles. The number of benzene rings is 2. The van der Waals surface area contributed by atoms with Gasteiger partial charge in [0.1, 0.15) is 0 Å². The number of halogens is 4. The molecule has 0 saturated carbocycles. The van der Waals surface area contributed by atoms with Gasteiger partial charge in [-0.3, -0.25) is 0 Å². The number of hydrogen-bond donors (Lipinski definition) is 1. The highest BCUT2D eigenvalue weighted by molar-refractivity contribution is 9.10. The van der Waals surface area contributed by atoms with Crippen LogP contribution in [0.1, 0.15) is 24.1 Å². The topological polar surface area (TPSA) is 12.0 Å². The van der Waals surface area contributed by atoms with E-state index in [0.717, 1.165) is 33.6 Å². The lowest BCUT2D eigenvalue weighted by molar-refractivity contribution is 0.550. The van der Waals surface area contributed by atoms with Gasteiger partial charge >= 0.3 is 0 Å². The van der Waals surface area contributed by atoms with Gasteiger partial charge in [0.05, 0.1) is 10.0 Å². The molecule has 0 aromatic heterocycles. The first kappa shape index (κ1) is 17.1. The highest BCUT2D eigenvalue weighted by Crippen LogP contribution is 2.32. The fourth-order valence-electron chi connectivity index (χ4n) is 2.25. The second-order valence-electron chi connectivity index (χ2n) is 4.69. The van der Waals surface area contributed by atoms with Crippen molar-refractivity contribution in [1.29, 1.82) is 0 Å². The molecule has 5 heteroatoms. The minimum absolute atomic E-state index is 0.0894. The van der Waals surface area contributed by atoms with E-state index in [2.05, 4.69) is 28.2 Å². The Morgan fingerprint density at radius 3 is 2.52 bits per heavy atom. The summed E-state index contributed by atoms with van der Waals surface area (Å²) in [6.45, 7) is 2.91. The Balaban J connectivity index is 2.33. The standard InChI is InChI=1S/C16H15BrCl3N/c1-2-21-15(12-7-6-11(17)9-14(12)19)8-10-4-3-5-13(18)16(10)20/h3-7,9,15,21H,2,8H2,1H3. The van der Waals surface area contributed by atoms with Crippen LogP contribution in [0.3, 0.4) is 0 Å². The molecule has 21 heavy (non-hydrogen) atoms. The normalized spacial score (nSPS) is 12.4. The van der Waals surface area contributed by atoms with Crippen LogP contribution in [-0.2, 0) is 6.42 Å². The van der Waals surface area contributed by atoms with Crippen LogP contribution in [0.5, 0.6) is 0 Å². The van der Waals surface area contributed by atoms with Gasteiger partial charge < -0.3 is 5.32 Å². The molecule has 2 rings (SSSR count). The van der Waals surface area contributed by atoms with Gasteiger partial charge in [-0.25, -0.2) is 0 Å². The lowest BCUT2D eigenvalue weighted by Gasteiger charge is -2.21. The Morgan fingerprint density at radius 2 is 1.86 bits per heavy atom. The summed E-state index contributed by atoms with van der Waals surface area (Å²) in [5, 5.41) is 5.37. The van der Waals surface area contributed by atoms with Crippen molar-refractivity contribution < 1.29 is 0 Å². The fraction of sp³-hybridized carbons (Fsp3) is 0.250. The van der Waals surface area contributed by atoms with Gasteiger partial charge in [0.15, 0.2) is 0 Å². The third-order valence-corrected chi connectivity index (χ3v) is 4.92. The Labute approximate surface area is 148 Å². The lowest BCUT2D eigenvalue weighted by Crippen LogP contribution is -2.23. The van der Waals surface area contributed by atoms with Crippen molar-refractivity contribution in [3.63, 3.8) is 0 Å². The van der Waals surface area contributed by atoms with Crippen LogP contribution in [0.4, 0.5) is 0 Å². The molecule has 0 aliphatic rings. The molecular weight excluding hydrogens is 392 g/mol. The third kappa shape index (κ3) is 4.37. The van der Waals surface area contributed by atoms with Crippen molar-refractivity contribution in [2.24, 2.45) is 0 Å². The molecule has 0 heterocycles. The number of likely N-dealkylation sites (N-methyl/N-ethyl adjacent to an activating group) is 1. The van der Waals surface area contributed by atoms with Crippen LogP contribution in [-0.4, -0.2) is 6.54 Å². The van der Waals surface area contributed by atoms with Crippen molar-refractivity contribution in [2.75, 3.05) is 6.54 Å². The summed E-state index contributed by atoms with van der Waals surface area (Å²) >= 11 is 22.2. The van der Waals surface area contributed by atoms with Gasteiger partial charge in [-0.05, 0) is 42.3 Å². The summed E-state index contributed by atoms with van der Waals surface area (Å²) in [5.41, 5.74) is 2.06. The van der Waals surface area contributed by atoms with Crippen LogP contribution in [0.25, 0.3) is 0 Å². The molecule has 0 aliphatic carbocycles. The summed E-state index contributed by atoms with van der Waals surface area (Å²) in [6.07, 6.45) is 0.731. The second kappa shape index (κ2) is 7.85. The highest BCUT2D eigenvalue weighted by Gasteiger charge is 2.17. The van der Waals surface area contributed by atoms with Crippen molar-refractivity contribution in [3.05, 3.63) is 67.1 Å². The summed E-state index contributed by atoms with van der Waals surface area (Å²) in [5.74, 6) is 0. The maximum Gasteiger partial charge on any atom is 0.0624 e. The van der Waals surface area contributed by atoms with E-state index in [-0.39, 0.29) is 6.04 Å². The average Bonchev–Trinajstić information content (AvgIpc) is 2.43. The summed E-state index contributed by atoms with van der Waals surface area (Å²) in [7, 11) is 0. The molecule has 0 amide bonds.